The van der Waals surface area contributed by atoms with Crippen molar-refractivity contribution >= 4 is 40.9 Å². The largest absolute Gasteiger partial charge is 0.486 e. The first kappa shape index (κ1) is 22.0. The summed E-state index contributed by atoms with van der Waals surface area (Å²) in [7, 11) is 0. The Morgan fingerprint density at radius 1 is 1.16 bits per heavy atom. The third-order valence-corrected chi connectivity index (χ3v) is 6.02. The van der Waals surface area contributed by atoms with E-state index in [4.69, 9.17) is 14.2 Å². The van der Waals surface area contributed by atoms with Crippen molar-refractivity contribution in [2.45, 2.75) is 24.3 Å². The summed E-state index contributed by atoms with van der Waals surface area (Å²) in [6.07, 6.45) is 1.00. The molecule has 0 saturated carbocycles. The number of esters is 1. The third-order valence-electron chi connectivity index (χ3n) is 5.30. The zero-order valence-electron chi connectivity index (χ0n) is 17.8. The molecule has 0 radical (unpaired) electrons. The average molecular weight is 457 g/mol. The van der Waals surface area contributed by atoms with Crippen molar-refractivity contribution < 1.29 is 28.6 Å². The number of ether oxygens (including phenoxy) is 3. The topological polar surface area (TPSA) is 94.2 Å². The summed E-state index contributed by atoms with van der Waals surface area (Å²) in [6, 6.07) is 12.7. The molecule has 2 amide bonds. The van der Waals surface area contributed by atoms with Crippen molar-refractivity contribution in [3.63, 3.8) is 0 Å². The fourth-order valence-electron chi connectivity index (χ4n) is 3.58. The van der Waals surface area contributed by atoms with Crippen LogP contribution in [-0.2, 0) is 19.1 Å². The first-order valence-corrected chi connectivity index (χ1v) is 11.5. The number of nitrogens with zero attached hydrogens (tertiary/aromatic N) is 1. The van der Waals surface area contributed by atoms with Crippen LogP contribution in [0.15, 0.2) is 47.4 Å². The van der Waals surface area contributed by atoms with Crippen LogP contribution in [0.2, 0.25) is 0 Å². The van der Waals surface area contributed by atoms with Crippen LogP contribution >= 0.6 is 11.8 Å². The zero-order chi connectivity index (χ0) is 22.7. The van der Waals surface area contributed by atoms with Crippen LogP contribution in [0.1, 0.15) is 13.3 Å². The van der Waals surface area contributed by atoms with E-state index in [-0.39, 0.29) is 18.9 Å². The smallest absolute Gasteiger partial charge is 0.312 e. The second-order valence-corrected chi connectivity index (χ2v) is 8.41. The molecule has 0 aromatic heterocycles. The van der Waals surface area contributed by atoms with Crippen molar-refractivity contribution in [2.75, 3.05) is 36.2 Å². The van der Waals surface area contributed by atoms with Gasteiger partial charge in [-0.1, -0.05) is 6.07 Å². The Bertz CT molecular complexity index is 1040. The van der Waals surface area contributed by atoms with Gasteiger partial charge >= 0.3 is 5.97 Å². The number of amides is 2. The fourth-order valence-corrected chi connectivity index (χ4v) is 4.04. The van der Waals surface area contributed by atoms with Gasteiger partial charge in [-0.25, -0.2) is 0 Å². The highest BCUT2D eigenvalue weighted by Gasteiger charge is 2.37. The minimum atomic E-state index is -1.01. The van der Waals surface area contributed by atoms with Gasteiger partial charge in [0.25, 0.3) is 5.91 Å². The van der Waals surface area contributed by atoms with Gasteiger partial charge in [-0.05, 0) is 43.5 Å². The van der Waals surface area contributed by atoms with Crippen molar-refractivity contribution in [3.05, 3.63) is 42.5 Å². The number of nitrogens with one attached hydrogen (secondary N) is 1. The van der Waals surface area contributed by atoms with Crippen LogP contribution in [0.4, 0.5) is 11.4 Å². The van der Waals surface area contributed by atoms with E-state index in [2.05, 4.69) is 5.32 Å². The quantitative estimate of drug-likeness (QED) is 0.527. The molecule has 2 heterocycles. The highest BCUT2D eigenvalue weighted by Crippen LogP contribution is 2.33. The molecule has 2 aliphatic heterocycles. The highest BCUT2D eigenvalue weighted by molar-refractivity contribution is 7.98. The van der Waals surface area contributed by atoms with Crippen molar-refractivity contribution in [1.82, 2.24) is 0 Å². The number of carbonyl (C=O) groups is 3. The number of thioether (sulfide) groups is 1. The number of hydrogen-bond acceptors (Lipinski definition) is 7. The molecule has 2 aliphatic rings. The summed E-state index contributed by atoms with van der Waals surface area (Å²) < 4.78 is 16.3. The molecule has 0 unspecified atom stereocenters. The summed E-state index contributed by atoms with van der Waals surface area (Å²) in [4.78, 5) is 40.2. The van der Waals surface area contributed by atoms with Crippen LogP contribution in [0.3, 0.4) is 0 Å². The van der Waals surface area contributed by atoms with E-state index in [0.717, 1.165) is 10.6 Å². The molecule has 2 aromatic carbocycles. The standard InChI is InChI=1S/C23H24N2O6S/c1-14(22(27)24-16-6-7-19-20(11-16)30-9-8-29-19)31-23(28)15-10-21(26)25(13-15)17-4-3-5-18(12-17)32-2/h3-7,11-12,14-15H,8-10,13H2,1-2H3,(H,24,27)/t14-,15+/m1/s1. The summed E-state index contributed by atoms with van der Waals surface area (Å²) in [5.41, 5.74) is 1.26. The highest BCUT2D eigenvalue weighted by atomic mass is 32.2. The molecule has 4 rings (SSSR count). The molecule has 2 atom stereocenters. The van der Waals surface area contributed by atoms with E-state index in [1.54, 1.807) is 34.9 Å². The first-order valence-electron chi connectivity index (χ1n) is 10.3. The van der Waals surface area contributed by atoms with Crippen LogP contribution in [0, 0.1) is 5.92 Å². The number of carbonyl (C=O) groups excluding carboxylic acids is 3. The number of hydrogen-bond donors (Lipinski definition) is 1. The predicted octanol–water partition coefficient (Wildman–Crippen LogP) is 3.10. The molecule has 1 fully saturated rings. The molecule has 168 valence electrons. The van der Waals surface area contributed by atoms with Crippen molar-refractivity contribution in [3.8, 4) is 11.5 Å². The lowest BCUT2D eigenvalue weighted by molar-refractivity contribution is -0.157. The number of rotatable bonds is 6. The Morgan fingerprint density at radius 3 is 2.72 bits per heavy atom. The summed E-state index contributed by atoms with van der Waals surface area (Å²) in [5, 5.41) is 2.71. The molecule has 0 aliphatic carbocycles. The maximum Gasteiger partial charge on any atom is 0.312 e. The Morgan fingerprint density at radius 2 is 1.94 bits per heavy atom. The Balaban J connectivity index is 1.34. The van der Waals surface area contributed by atoms with Crippen molar-refractivity contribution in [2.24, 2.45) is 5.92 Å². The SMILES string of the molecule is CSc1cccc(N2C[C@@H](C(=O)O[C@H](C)C(=O)Nc3ccc4c(c3)OCCO4)CC2=O)c1. The summed E-state index contributed by atoms with van der Waals surface area (Å²) in [5.74, 6) is -0.625. The molecule has 9 heteroatoms. The molecule has 1 N–H and O–H groups in total. The van der Waals surface area contributed by atoms with Gasteiger partial charge in [0, 0.05) is 35.3 Å². The van der Waals surface area contributed by atoms with Gasteiger partial charge in [0.15, 0.2) is 17.6 Å². The lowest BCUT2D eigenvalue weighted by atomic mass is 10.1. The number of anilines is 2. The van der Waals surface area contributed by atoms with Gasteiger partial charge in [-0.3, -0.25) is 14.4 Å². The Hall–Kier alpha value is -3.20. The van der Waals surface area contributed by atoms with E-state index in [1.165, 1.54) is 6.92 Å². The van der Waals surface area contributed by atoms with E-state index in [9.17, 15) is 14.4 Å². The normalized spacial score (nSPS) is 18.2. The predicted molar refractivity (Wildman–Crippen MR) is 120 cm³/mol. The van der Waals surface area contributed by atoms with Crippen LogP contribution < -0.4 is 19.7 Å². The molecular formula is C23H24N2O6S. The van der Waals surface area contributed by atoms with Crippen LogP contribution in [0.5, 0.6) is 11.5 Å². The number of fused-ring (bicyclic) bond motifs is 1. The monoisotopic (exact) mass is 456 g/mol. The van der Waals surface area contributed by atoms with Gasteiger partial charge in [-0.2, -0.15) is 0 Å². The zero-order valence-corrected chi connectivity index (χ0v) is 18.6. The lowest BCUT2D eigenvalue weighted by Gasteiger charge is -2.20. The van der Waals surface area contributed by atoms with Gasteiger partial charge < -0.3 is 24.4 Å². The van der Waals surface area contributed by atoms with Gasteiger partial charge in [0.05, 0.1) is 5.92 Å². The van der Waals surface area contributed by atoms with Crippen LogP contribution in [-0.4, -0.2) is 49.9 Å². The van der Waals surface area contributed by atoms with E-state index >= 15 is 0 Å². The average Bonchev–Trinajstić information content (AvgIpc) is 3.20. The second kappa shape index (κ2) is 9.52. The fraction of sp³-hybridized carbons (Fsp3) is 0.348. The molecule has 32 heavy (non-hydrogen) atoms. The maximum atomic E-state index is 12.6. The number of benzene rings is 2. The molecule has 1 saturated heterocycles. The van der Waals surface area contributed by atoms with Crippen LogP contribution in [0.25, 0.3) is 0 Å². The molecule has 2 aromatic rings. The van der Waals surface area contributed by atoms with E-state index in [1.807, 2.05) is 30.5 Å². The maximum absolute atomic E-state index is 12.6. The Labute approximate surface area is 190 Å². The minimum absolute atomic E-state index is 0.0544. The van der Waals surface area contributed by atoms with E-state index in [0.29, 0.717) is 30.4 Å². The Kier molecular flexibility index (Phi) is 6.55. The van der Waals surface area contributed by atoms with Gasteiger partial charge in [0.1, 0.15) is 13.2 Å². The van der Waals surface area contributed by atoms with E-state index < -0.39 is 23.9 Å². The molecule has 0 spiro atoms. The third kappa shape index (κ3) is 4.83. The molecule has 0 bridgehead atoms. The molecule has 8 nitrogen and oxygen atoms in total. The summed E-state index contributed by atoms with van der Waals surface area (Å²) in [6.45, 7) is 2.65. The van der Waals surface area contributed by atoms with Crippen molar-refractivity contribution in [1.29, 1.82) is 0 Å². The second-order valence-electron chi connectivity index (χ2n) is 7.53. The molecular weight excluding hydrogens is 432 g/mol. The first-order chi connectivity index (χ1) is 15.4. The minimum Gasteiger partial charge on any atom is -0.486 e. The summed E-state index contributed by atoms with van der Waals surface area (Å²) >= 11 is 1.58. The lowest BCUT2D eigenvalue weighted by Crippen LogP contribution is -2.33. The van der Waals surface area contributed by atoms with Gasteiger partial charge in [0.2, 0.25) is 5.91 Å². The van der Waals surface area contributed by atoms with Gasteiger partial charge in [-0.15, -0.1) is 11.8 Å².